The molecule has 0 bridgehead atoms. The first kappa shape index (κ1) is 15.2. The first-order valence-corrected chi connectivity index (χ1v) is 6.01. The van der Waals surface area contributed by atoms with Crippen LogP contribution in [0.3, 0.4) is 0 Å². The number of ether oxygens (including phenoxy) is 1. The van der Waals surface area contributed by atoms with E-state index >= 15 is 0 Å². The monoisotopic (exact) mass is 274 g/mol. The van der Waals surface area contributed by atoms with Gasteiger partial charge in [0.2, 0.25) is 0 Å². The van der Waals surface area contributed by atoms with Gasteiger partial charge in [-0.05, 0) is 13.3 Å². The number of nitrogens with zero attached hydrogens (tertiary/aromatic N) is 1. The van der Waals surface area contributed by atoms with Crippen LogP contribution in [-0.2, 0) is 14.3 Å². The largest absolute Gasteiger partial charge is 0.481 e. The predicted molar refractivity (Wildman–Crippen MR) is 63.8 cm³/mol. The van der Waals surface area contributed by atoms with Crippen LogP contribution in [0.15, 0.2) is 0 Å². The van der Waals surface area contributed by atoms with Crippen molar-refractivity contribution >= 4 is 18.0 Å². The summed E-state index contributed by atoms with van der Waals surface area (Å²) in [4.78, 5) is 34.8. The van der Waals surface area contributed by atoms with Crippen LogP contribution in [-0.4, -0.2) is 64.9 Å². The number of carbonyl (C=O) groups excluding carboxylic acids is 1. The van der Waals surface area contributed by atoms with Crippen LogP contribution >= 0.6 is 0 Å². The number of urea groups is 1. The van der Waals surface area contributed by atoms with Gasteiger partial charge in [-0.3, -0.25) is 4.79 Å². The second-order valence-corrected chi connectivity index (χ2v) is 4.39. The van der Waals surface area contributed by atoms with E-state index in [1.807, 2.05) is 0 Å². The van der Waals surface area contributed by atoms with Crippen molar-refractivity contribution in [3.05, 3.63) is 0 Å². The second-order valence-electron chi connectivity index (χ2n) is 4.39. The van der Waals surface area contributed by atoms with E-state index in [1.165, 1.54) is 4.90 Å². The first-order chi connectivity index (χ1) is 8.91. The summed E-state index contributed by atoms with van der Waals surface area (Å²) in [5.74, 6) is -2.34. The molecule has 1 rings (SSSR count). The smallest absolute Gasteiger partial charge is 0.326 e. The van der Waals surface area contributed by atoms with Gasteiger partial charge in [-0.1, -0.05) is 0 Å². The fourth-order valence-corrected chi connectivity index (χ4v) is 1.79. The Bertz CT molecular complexity index is 359. The zero-order chi connectivity index (χ0) is 14.4. The summed E-state index contributed by atoms with van der Waals surface area (Å²) in [6.45, 7) is 2.99. The summed E-state index contributed by atoms with van der Waals surface area (Å²) >= 11 is 0. The highest BCUT2D eigenvalue weighted by atomic mass is 16.5. The Morgan fingerprint density at radius 3 is 2.63 bits per heavy atom. The molecule has 1 aliphatic heterocycles. The SMILES string of the molecule is CC1COCCN1C(=O)NC(CCC(=O)O)C(=O)O. The minimum absolute atomic E-state index is 0.136. The zero-order valence-corrected chi connectivity index (χ0v) is 10.7. The molecule has 0 aromatic rings. The van der Waals surface area contributed by atoms with Crippen LogP contribution in [0.1, 0.15) is 19.8 Å². The maximum atomic E-state index is 11.9. The lowest BCUT2D eigenvalue weighted by Crippen LogP contribution is -2.54. The highest BCUT2D eigenvalue weighted by molar-refractivity contribution is 5.83. The molecule has 0 spiro atoms. The Morgan fingerprint density at radius 2 is 2.11 bits per heavy atom. The number of hydrogen-bond donors (Lipinski definition) is 3. The minimum atomic E-state index is -1.24. The summed E-state index contributed by atoms with van der Waals surface area (Å²) in [5.41, 5.74) is 0. The lowest BCUT2D eigenvalue weighted by atomic mass is 10.1. The highest BCUT2D eigenvalue weighted by Gasteiger charge is 2.28. The van der Waals surface area contributed by atoms with Gasteiger partial charge in [0.1, 0.15) is 6.04 Å². The van der Waals surface area contributed by atoms with Crippen LogP contribution in [0.25, 0.3) is 0 Å². The quantitative estimate of drug-likeness (QED) is 0.635. The minimum Gasteiger partial charge on any atom is -0.481 e. The molecular formula is C11H18N2O6. The van der Waals surface area contributed by atoms with Crippen molar-refractivity contribution in [3.63, 3.8) is 0 Å². The molecule has 0 aromatic heterocycles. The molecule has 0 saturated carbocycles. The van der Waals surface area contributed by atoms with Gasteiger partial charge >= 0.3 is 18.0 Å². The number of hydrogen-bond acceptors (Lipinski definition) is 4. The normalized spacial score (nSPS) is 20.7. The summed E-state index contributed by atoms with van der Waals surface area (Å²) in [6.07, 6.45) is -0.453. The summed E-state index contributed by atoms with van der Waals surface area (Å²) in [5, 5.41) is 19.8. The molecule has 0 aromatic carbocycles. The molecule has 108 valence electrons. The van der Waals surface area contributed by atoms with E-state index in [1.54, 1.807) is 6.92 Å². The third-order valence-electron chi connectivity index (χ3n) is 2.87. The van der Waals surface area contributed by atoms with Crippen LogP contribution < -0.4 is 5.32 Å². The molecule has 3 N–H and O–H groups in total. The topological polar surface area (TPSA) is 116 Å². The molecule has 2 amide bonds. The van der Waals surface area contributed by atoms with Crippen molar-refractivity contribution in [1.29, 1.82) is 0 Å². The number of carbonyl (C=O) groups is 3. The van der Waals surface area contributed by atoms with E-state index < -0.39 is 24.0 Å². The molecule has 1 fully saturated rings. The number of carboxylic acid groups (broad SMARTS) is 2. The molecule has 1 saturated heterocycles. The van der Waals surface area contributed by atoms with Crippen molar-refractivity contribution in [1.82, 2.24) is 10.2 Å². The Kier molecular flexibility index (Phi) is 5.56. The lowest BCUT2D eigenvalue weighted by molar-refractivity contribution is -0.140. The Labute approximate surface area is 110 Å². The van der Waals surface area contributed by atoms with Crippen molar-refractivity contribution in [2.45, 2.75) is 31.8 Å². The number of aliphatic carboxylic acids is 2. The number of nitrogens with one attached hydrogen (secondary N) is 1. The average molecular weight is 274 g/mol. The van der Waals surface area contributed by atoms with E-state index in [9.17, 15) is 14.4 Å². The van der Waals surface area contributed by atoms with Gasteiger partial charge in [-0.25, -0.2) is 9.59 Å². The molecule has 1 aliphatic rings. The van der Waals surface area contributed by atoms with E-state index in [2.05, 4.69) is 5.32 Å². The maximum absolute atomic E-state index is 11.9. The van der Waals surface area contributed by atoms with Crippen molar-refractivity contribution in [2.75, 3.05) is 19.8 Å². The van der Waals surface area contributed by atoms with Gasteiger partial charge in [0.05, 0.1) is 19.3 Å². The second kappa shape index (κ2) is 6.93. The van der Waals surface area contributed by atoms with E-state index in [0.29, 0.717) is 19.8 Å². The molecule has 2 unspecified atom stereocenters. The van der Waals surface area contributed by atoms with Crippen molar-refractivity contribution < 1.29 is 29.3 Å². The standard InChI is InChI=1S/C11H18N2O6/c1-7-6-19-5-4-13(7)11(18)12-8(10(16)17)2-3-9(14)15/h7-8H,2-6H2,1H3,(H,12,18)(H,14,15)(H,16,17). The molecular weight excluding hydrogens is 256 g/mol. The number of morpholine rings is 1. The van der Waals surface area contributed by atoms with Gasteiger partial charge in [-0.15, -0.1) is 0 Å². The average Bonchev–Trinajstić information content (AvgIpc) is 2.34. The fourth-order valence-electron chi connectivity index (χ4n) is 1.79. The van der Waals surface area contributed by atoms with Gasteiger partial charge < -0.3 is 25.2 Å². The van der Waals surface area contributed by atoms with Crippen LogP contribution in [0, 0.1) is 0 Å². The molecule has 2 atom stereocenters. The maximum Gasteiger partial charge on any atom is 0.326 e. The number of amides is 2. The Morgan fingerprint density at radius 1 is 1.42 bits per heavy atom. The zero-order valence-electron chi connectivity index (χ0n) is 10.7. The molecule has 8 nitrogen and oxygen atoms in total. The fraction of sp³-hybridized carbons (Fsp3) is 0.727. The Hall–Kier alpha value is -1.83. The van der Waals surface area contributed by atoms with Crippen LogP contribution in [0.2, 0.25) is 0 Å². The summed E-state index contributed by atoms with van der Waals surface area (Å²) < 4.78 is 5.18. The lowest BCUT2D eigenvalue weighted by Gasteiger charge is -2.34. The molecule has 8 heteroatoms. The van der Waals surface area contributed by atoms with Gasteiger partial charge in [0, 0.05) is 13.0 Å². The van der Waals surface area contributed by atoms with Crippen molar-refractivity contribution in [3.8, 4) is 0 Å². The van der Waals surface area contributed by atoms with Gasteiger partial charge in [-0.2, -0.15) is 0 Å². The van der Waals surface area contributed by atoms with Crippen LogP contribution in [0.4, 0.5) is 4.79 Å². The van der Waals surface area contributed by atoms with Gasteiger partial charge in [0.25, 0.3) is 0 Å². The first-order valence-electron chi connectivity index (χ1n) is 6.01. The number of carboxylic acids is 2. The molecule has 1 heterocycles. The third kappa shape index (κ3) is 4.74. The highest BCUT2D eigenvalue weighted by Crippen LogP contribution is 2.07. The summed E-state index contributed by atoms with van der Waals surface area (Å²) in [7, 11) is 0. The molecule has 0 aliphatic carbocycles. The third-order valence-corrected chi connectivity index (χ3v) is 2.87. The van der Waals surface area contributed by atoms with E-state index in [-0.39, 0.29) is 18.9 Å². The van der Waals surface area contributed by atoms with Crippen molar-refractivity contribution in [2.24, 2.45) is 0 Å². The predicted octanol–water partition coefficient (Wildman–Crippen LogP) is -0.265. The van der Waals surface area contributed by atoms with Gasteiger partial charge in [0.15, 0.2) is 0 Å². The molecule has 19 heavy (non-hydrogen) atoms. The van der Waals surface area contributed by atoms with E-state index in [4.69, 9.17) is 14.9 Å². The van der Waals surface area contributed by atoms with E-state index in [0.717, 1.165) is 0 Å². The summed E-state index contributed by atoms with van der Waals surface area (Å²) in [6, 6.07) is -1.84. The Balaban J connectivity index is 2.55. The number of rotatable bonds is 5. The van der Waals surface area contributed by atoms with Crippen LogP contribution in [0.5, 0.6) is 0 Å². The molecule has 0 radical (unpaired) electrons.